The molecule has 0 unspecified atom stereocenters. The smallest absolute Gasteiger partial charge is 0.253 e. The van der Waals surface area contributed by atoms with E-state index < -0.39 is 6.10 Å². The first-order valence-corrected chi connectivity index (χ1v) is 7.18. The lowest BCUT2D eigenvalue weighted by molar-refractivity contribution is -0.126. The predicted molar refractivity (Wildman–Crippen MR) is 86.7 cm³/mol. The zero-order valence-electron chi connectivity index (χ0n) is 12.7. The number of ether oxygens (including phenoxy) is 1. The van der Waals surface area contributed by atoms with Gasteiger partial charge in [0.2, 0.25) is 0 Å². The maximum absolute atomic E-state index is 12.2. The number of nitrogens with zero attached hydrogens (tertiary/aromatic N) is 4. The van der Waals surface area contributed by atoms with Gasteiger partial charge in [0.25, 0.3) is 5.91 Å². The Hall–Kier alpha value is -2.03. The molecule has 3 rings (SSSR count). The van der Waals surface area contributed by atoms with Crippen molar-refractivity contribution in [3.63, 3.8) is 0 Å². The van der Waals surface area contributed by atoms with Crippen molar-refractivity contribution in [1.29, 1.82) is 0 Å². The van der Waals surface area contributed by atoms with Crippen LogP contribution in [0.15, 0.2) is 24.5 Å². The number of carbonyl (C=O) groups excluding carboxylic acids is 1. The number of nitrogens with one attached hydrogen (secondary N) is 1. The van der Waals surface area contributed by atoms with E-state index in [4.69, 9.17) is 10.5 Å². The van der Waals surface area contributed by atoms with Crippen LogP contribution in [0, 0.1) is 6.92 Å². The number of anilines is 1. The molecule has 1 aliphatic rings. The van der Waals surface area contributed by atoms with Gasteiger partial charge in [0.15, 0.2) is 0 Å². The van der Waals surface area contributed by atoms with E-state index in [1.807, 2.05) is 25.1 Å². The average molecular weight is 339 g/mol. The Labute approximate surface area is 139 Å². The summed E-state index contributed by atoms with van der Waals surface area (Å²) < 4.78 is 7.15. The summed E-state index contributed by atoms with van der Waals surface area (Å²) in [5.41, 5.74) is 8.06. The fourth-order valence-corrected chi connectivity index (χ4v) is 2.50. The van der Waals surface area contributed by atoms with Gasteiger partial charge in [-0.05, 0) is 47.9 Å². The molecular formula is C14H19ClN6O2. The van der Waals surface area contributed by atoms with Gasteiger partial charge in [-0.25, -0.2) is 4.68 Å². The highest BCUT2D eigenvalue weighted by Gasteiger charge is 2.29. The molecule has 1 aromatic carbocycles. The molecule has 0 aliphatic carbocycles. The van der Waals surface area contributed by atoms with Crippen LogP contribution >= 0.6 is 12.4 Å². The average Bonchev–Trinajstić information content (AvgIpc) is 3.20. The van der Waals surface area contributed by atoms with Crippen LogP contribution in [0.2, 0.25) is 0 Å². The lowest BCUT2D eigenvalue weighted by Crippen LogP contribution is -2.29. The number of benzene rings is 1. The number of rotatable bonds is 4. The molecule has 2 heterocycles. The van der Waals surface area contributed by atoms with E-state index in [0.717, 1.165) is 17.7 Å². The fraction of sp³-hybridized carbons (Fsp3) is 0.429. The van der Waals surface area contributed by atoms with Gasteiger partial charge < -0.3 is 15.8 Å². The van der Waals surface area contributed by atoms with Crippen molar-refractivity contribution in [3.8, 4) is 5.69 Å². The van der Waals surface area contributed by atoms with Gasteiger partial charge in [-0.3, -0.25) is 4.79 Å². The van der Waals surface area contributed by atoms with E-state index in [9.17, 15) is 4.79 Å². The summed E-state index contributed by atoms with van der Waals surface area (Å²) in [7, 11) is 0. The van der Waals surface area contributed by atoms with Crippen molar-refractivity contribution in [2.24, 2.45) is 5.73 Å². The zero-order valence-corrected chi connectivity index (χ0v) is 13.5. The summed E-state index contributed by atoms with van der Waals surface area (Å²) in [5, 5.41) is 14.0. The molecule has 0 bridgehead atoms. The molecular weight excluding hydrogens is 320 g/mol. The molecule has 0 saturated carbocycles. The van der Waals surface area contributed by atoms with Crippen molar-refractivity contribution in [2.45, 2.75) is 32.0 Å². The summed E-state index contributed by atoms with van der Waals surface area (Å²) in [6, 6.07) is 5.58. The van der Waals surface area contributed by atoms with E-state index in [0.29, 0.717) is 18.7 Å². The van der Waals surface area contributed by atoms with E-state index in [1.165, 1.54) is 6.33 Å². The minimum Gasteiger partial charge on any atom is -0.364 e. The minimum atomic E-state index is -0.439. The topological polar surface area (TPSA) is 108 Å². The van der Waals surface area contributed by atoms with Gasteiger partial charge in [0, 0.05) is 12.2 Å². The first-order chi connectivity index (χ1) is 10.7. The fourth-order valence-electron chi connectivity index (χ4n) is 2.50. The SMILES string of the molecule is Cc1ccc(NC(=O)[C@@H]2CC[C@H](CN)O2)cc1-n1cnnn1.Cl. The monoisotopic (exact) mass is 338 g/mol. The number of hydrogen-bond donors (Lipinski definition) is 2. The molecule has 8 nitrogen and oxygen atoms in total. The molecule has 1 saturated heterocycles. The van der Waals surface area contributed by atoms with Crippen molar-refractivity contribution in [1.82, 2.24) is 20.2 Å². The molecule has 124 valence electrons. The van der Waals surface area contributed by atoms with Crippen molar-refractivity contribution < 1.29 is 9.53 Å². The van der Waals surface area contributed by atoms with Crippen LogP contribution in [0.3, 0.4) is 0 Å². The summed E-state index contributed by atoms with van der Waals surface area (Å²) >= 11 is 0. The summed E-state index contributed by atoms with van der Waals surface area (Å²) in [6.07, 6.45) is 2.56. The van der Waals surface area contributed by atoms with Crippen molar-refractivity contribution >= 4 is 24.0 Å². The summed E-state index contributed by atoms with van der Waals surface area (Å²) in [5.74, 6) is -0.150. The largest absolute Gasteiger partial charge is 0.364 e. The lowest BCUT2D eigenvalue weighted by atomic mass is 10.1. The second kappa shape index (κ2) is 7.49. The van der Waals surface area contributed by atoms with Gasteiger partial charge in [0.1, 0.15) is 12.4 Å². The predicted octanol–water partition coefficient (Wildman–Crippen LogP) is 0.837. The summed E-state index contributed by atoms with van der Waals surface area (Å²) in [6.45, 7) is 2.40. The number of nitrogens with two attached hydrogens (primary N) is 1. The van der Waals surface area contributed by atoms with Crippen LogP contribution < -0.4 is 11.1 Å². The Balaban J connectivity index is 0.00000192. The van der Waals surface area contributed by atoms with Gasteiger partial charge in [-0.2, -0.15) is 0 Å². The third-order valence-corrected chi connectivity index (χ3v) is 3.74. The zero-order chi connectivity index (χ0) is 15.5. The van der Waals surface area contributed by atoms with E-state index in [1.54, 1.807) is 4.68 Å². The molecule has 1 fully saturated rings. The number of hydrogen-bond acceptors (Lipinski definition) is 6. The molecule has 2 atom stereocenters. The summed E-state index contributed by atoms with van der Waals surface area (Å²) in [4.78, 5) is 12.2. The molecule has 2 aromatic rings. The van der Waals surface area contributed by atoms with Crippen LogP contribution in [0.25, 0.3) is 5.69 Å². The number of amides is 1. The molecule has 1 aliphatic heterocycles. The number of tetrazole rings is 1. The molecule has 1 aromatic heterocycles. The number of aryl methyl sites for hydroxylation is 1. The minimum absolute atomic E-state index is 0. The Morgan fingerprint density at radius 3 is 2.96 bits per heavy atom. The maximum atomic E-state index is 12.2. The van der Waals surface area contributed by atoms with Gasteiger partial charge in [0.05, 0.1) is 11.8 Å². The first-order valence-electron chi connectivity index (χ1n) is 7.18. The standard InChI is InChI=1S/C14H18N6O2.ClH/c1-9-2-3-10(6-12(9)20-8-16-18-19-20)17-14(21)13-5-4-11(7-15)22-13;/h2-3,6,8,11,13H,4-5,7,15H2,1H3,(H,17,21);1H/t11-,13+;/m1./s1. The second-order valence-electron chi connectivity index (χ2n) is 5.30. The van der Waals surface area contributed by atoms with E-state index >= 15 is 0 Å². The molecule has 23 heavy (non-hydrogen) atoms. The first kappa shape index (κ1) is 17.3. The quantitative estimate of drug-likeness (QED) is 0.855. The highest BCUT2D eigenvalue weighted by molar-refractivity contribution is 5.94. The van der Waals surface area contributed by atoms with E-state index in [-0.39, 0.29) is 24.4 Å². The highest BCUT2D eigenvalue weighted by atomic mass is 35.5. The van der Waals surface area contributed by atoms with Gasteiger partial charge >= 0.3 is 0 Å². The molecule has 3 N–H and O–H groups in total. The molecule has 0 radical (unpaired) electrons. The number of aromatic nitrogens is 4. The van der Waals surface area contributed by atoms with Crippen LogP contribution in [0.4, 0.5) is 5.69 Å². The molecule has 0 spiro atoms. The normalized spacial score (nSPS) is 20.1. The van der Waals surface area contributed by atoms with Crippen molar-refractivity contribution in [3.05, 3.63) is 30.1 Å². The Kier molecular flexibility index (Phi) is 5.64. The third-order valence-electron chi connectivity index (χ3n) is 3.74. The van der Waals surface area contributed by atoms with Gasteiger partial charge in [-0.15, -0.1) is 17.5 Å². The van der Waals surface area contributed by atoms with Crippen LogP contribution in [-0.2, 0) is 9.53 Å². The van der Waals surface area contributed by atoms with Crippen LogP contribution in [0.5, 0.6) is 0 Å². The second-order valence-corrected chi connectivity index (χ2v) is 5.30. The lowest BCUT2D eigenvalue weighted by Gasteiger charge is -2.14. The molecule has 1 amide bonds. The van der Waals surface area contributed by atoms with Gasteiger partial charge in [-0.1, -0.05) is 6.07 Å². The Morgan fingerprint density at radius 1 is 1.48 bits per heavy atom. The van der Waals surface area contributed by atoms with Crippen molar-refractivity contribution in [2.75, 3.05) is 11.9 Å². The van der Waals surface area contributed by atoms with Crippen LogP contribution in [0.1, 0.15) is 18.4 Å². The Bertz CT molecular complexity index is 663. The highest BCUT2D eigenvalue weighted by Crippen LogP contribution is 2.22. The third kappa shape index (κ3) is 3.84. The van der Waals surface area contributed by atoms with Crippen LogP contribution in [-0.4, -0.2) is 44.9 Å². The number of carbonyl (C=O) groups is 1. The maximum Gasteiger partial charge on any atom is 0.253 e. The van der Waals surface area contributed by atoms with E-state index in [2.05, 4.69) is 20.8 Å². The number of halogens is 1. The molecule has 9 heteroatoms. The Morgan fingerprint density at radius 2 is 2.30 bits per heavy atom.